The van der Waals surface area contributed by atoms with Crippen LogP contribution in [0.5, 0.6) is 0 Å². The molecule has 29 heavy (non-hydrogen) atoms. The Morgan fingerprint density at radius 2 is 1.86 bits per heavy atom. The van der Waals surface area contributed by atoms with Crippen LogP contribution in [0.4, 0.5) is 10.1 Å². The number of anilines is 1. The number of ether oxygens (including phenoxy) is 1. The number of esters is 1. The summed E-state index contributed by atoms with van der Waals surface area (Å²) in [6.07, 6.45) is 0.344. The van der Waals surface area contributed by atoms with Crippen molar-refractivity contribution in [3.63, 3.8) is 0 Å². The average molecular weight is 410 g/mol. The van der Waals surface area contributed by atoms with E-state index >= 15 is 0 Å². The highest BCUT2D eigenvalue weighted by Gasteiger charge is 2.41. The summed E-state index contributed by atoms with van der Waals surface area (Å²) in [6, 6.07) is 15.1. The molecule has 2 aromatic carbocycles. The van der Waals surface area contributed by atoms with E-state index < -0.39 is 11.2 Å². The van der Waals surface area contributed by atoms with Crippen LogP contribution in [0.25, 0.3) is 0 Å². The molecule has 1 heterocycles. The summed E-state index contributed by atoms with van der Waals surface area (Å²) in [4.78, 5) is 26.9. The minimum atomic E-state index is -0.759. The van der Waals surface area contributed by atoms with Crippen LogP contribution >= 0.6 is 11.8 Å². The first-order chi connectivity index (χ1) is 13.9. The standard InChI is InChI=1S/C22H19FN2O3S/c1-3-28-22(27)18(13-24)21-25(17-10-4-14(2)5-11-17)20(26)19(29-21)12-15-6-8-16(23)9-7-15/h4-11,19H,3,12H2,1-2H3/b21-18+/t19-/m1/s1. The number of hydrogen-bond acceptors (Lipinski definition) is 5. The monoisotopic (exact) mass is 410 g/mol. The van der Waals surface area contributed by atoms with Crippen LogP contribution in [-0.4, -0.2) is 23.7 Å². The second-order valence-electron chi connectivity index (χ2n) is 6.46. The van der Waals surface area contributed by atoms with Gasteiger partial charge in [-0.3, -0.25) is 9.69 Å². The van der Waals surface area contributed by atoms with E-state index in [1.54, 1.807) is 31.2 Å². The van der Waals surface area contributed by atoms with Gasteiger partial charge in [0.05, 0.1) is 11.9 Å². The molecule has 0 radical (unpaired) electrons. The Kier molecular flexibility index (Phi) is 6.35. The number of carbonyl (C=O) groups excluding carboxylic acids is 2. The van der Waals surface area contributed by atoms with Crippen molar-refractivity contribution in [2.75, 3.05) is 11.5 Å². The second kappa shape index (κ2) is 8.93. The third kappa shape index (κ3) is 4.49. The van der Waals surface area contributed by atoms with Crippen molar-refractivity contribution in [2.24, 2.45) is 0 Å². The van der Waals surface area contributed by atoms with Gasteiger partial charge in [-0.05, 0) is 50.1 Å². The minimum absolute atomic E-state index is 0.124. The summed E-state index contributed by atoms with van der Waals surface area (Å²) in [5.41, 5.74) is 2.18. The first kappa shape index (κ1) is 20.6. The van der Waals surface area contributed by atoms with Crippen molar-refractivity contribution in [2.45, 2.75) is 25.5 Å². The summed E-state index contributed by atoms with van der Waals surface area (Å²) >= 11 is 1.15. The van der Waals surface area contributed by atoms with Crippen molar-refractivity contribution in [3.8, 4) is 6.07 Å². The molecular weight excluding hydrogens is 391 g/mol. The van der Waals surface area contributed by atoms with Crippen LogP contribution in [0, 0.1) is 24.1 Å². The number of hydrogen-bond donors (Lipinski definition) is 0. The Labute approximate surface area is 172 Å². The number of aryl methyl sites for hydroxylation is 1. The Bertz CT molecular complexity index is 994. The van der Waals surface area contributed by atoms with E-state index in [1.165, 1.54) is 17.0 Å². The normalized spacial score (nSPS) is 17.8. The third-order valence-electron chi connectivity index (χ3n) is 4.38. The number of amides is 1. The fraction of sp³-hybridized carbons (Fsp3) is 0.227. The Morgan fingerprint density at radius 1 is 1.21 bits per heavy atom. The number of thioether (sulfide) groups is 1. The molecule has 1 atom stereocenters. The molecule has 1 aliphatic rings. The number of carbonyl (C=O) groups is 2. The molecule has 0 unspecified atom stereocenters. The van der Waals surface area contributed by atoms with Crippen molar-refractivity contribution in [1.29, 1.82) is 5.26 Å². The van der Waals surface area contributed by atoms with Gasteiger partial charge in [0, 0.05) is 5.69 Å². The number of halogens is 1. The predicted molar refractivity (Wildman–Crippen MR) is 109 cm³/mol. The lowest BCUT2D eigenvalue weighted by Gasteiger charge is -2.18. The van der Waals surface area contributed by atoms with Gasteiger partial charge in [-0.2, -0.15) is 5.26 Å². The van der Waals surface area contributed by atoms with Gasteiger partial charge in [0.15, 0.2) is 5.57 Å². The van der Waals surface area contributed by atoms with Crippen LogP contribution in [0.1, 0.15) is 18.1 Å². The summed E-state index contributed by atoms with van der Waals surface area (Å²) in [5, 5.41) is 9.29. The largest absolute Gasteiger partial charge is 0.462 e. The molecule has 0 aromatic heterocycles. The smallest absolute Gasteiger partial charge is 0.351 e. The SMILES string of the molecule is CCOC(=O)/C(C#N)=C1/S[C@H](Cc2ccc(F)cc2)C(=O)N1c1ccc(C)cc1. The van der Waals surface area contributed by atoms with Gasteiger partial charge >= 0.3 is 5.97 Å². The van der Waals surface area contributed by atoms with Crippen molar-refractivity contribution in [1.82, 2.24) is 0 Å². The second-order valence-corrected chi connectivity index (χ2v) is 7.65. The number of nitriles is 1. The van der Waals surface area contributed by atoms with E-state index in [1.807, 2.05) is 25.1 Å². The Hall–Kier alpha value is -3.11. The zero-order chi connectivity index (χ0) is 21.0. The number of benzene rings is 2. The lowest BCUT2D eigenvalue weighted by Crippen LogP contribution is -2.30. The average Bonchev–Trinajstić information content (AvgIpc) is 3.01. The maximum absolute atomic E-state index is 13.2. The summed E-state index contributed by atoms with van der Waals surface area (Å²) in [6.45, 7) is 3.71. The number of nitrogens with zero attached hydrogens (tertiary/aromatic N) is 2. The predicted octanol–water partition coefficient (Wildman–Crippen LogP) is 4.12. The molecular formula is C22H19FN2O3S. The van der Waals surface area contributed by atoms with Crippen molar-refractivity contribution in [3.05, 3.63) is 76.1 Å². The van der Waals surface area contributed by atoms with Gasteiger partial charge in [0.25, 0.3) is 0 Å². The highest BCUT2D eigenvalue weighted by Crippen LogP contribution is 2.42. The molecule has 3 rings (SSSR count). The van der Waals surface area contributed by atoms with E-state index in [9.17, 15) is 19.2 Å². The van der Waals surface area contributed by atoms with Crippen LogP contribution in [0.15, 0.2) is 59.1 Å². The fourth-order valence-corrected chi connectivity index (χ4v) is 4.24. The van der Waals surface area contributed by atoms with Crippen molar-refractivity contribution < 1.29 is 18.7 Å². The molecule has 1 saturated heterocycles. The zero-order valence-electron chi connectivity index (χ0n) is 16.0. The summed E-state index contributed by atoms with van der Waals surface area (Å²) in [7, 11) is 0. The van der Waals surface area contributed by atoms with Gasteiger partial charge in [-0.1, -0.05) is 41.6 Å². The molecule has 7 heteroatoms. The van der Waals surface area contributed by atoms with Crippen molar-refractivity contribution >= 4 is 29.3 Å². The van der Waals surface area contributed by atoms with Crippen LogP contribution in [0.3, 0.4) is 0 Å². The molecule has 0 spiro atoms. The maximum Gasteiger partial charge on any atom is 0.351 e. The Balaban J connectivity index is 2.02. The molecule has 1 fully saturated rings. The van der Waals surface area contributed by atoms with Gasteiger partial charge < -0.3 is 4.74 Å². The van der Waals surface area contributed by atoms with Crippen LogP contribution in [-0.2, 0) is 20.7 Å². The molecule has 2 aromatic rings. The molecule has 0 N–H and O–H groups in total. The fourth-order valence-electron chi connectivity index (χ4n) is 2.94. The van der Waals surface area contributed by atoms with E-state index in [-0.39, 0.29) is 28.9 Å². The van der Waals surface area contributed by atoms with Gasteiger partial charge in [0.2, 0.25) is 5.91 Å². The first-order valence-corrected chi connectivity index (χ1v) is 9.95. The van der Waals surface area contributed by atoms with Crippen LogP contribution in [0.2, 0.25) is 0 Å². The highest BCUT2D eigenvalue weighted by atomic mass is 32.2. The zero-order valence-corrected chi connectivity index (χ0v) is 16.8. The summed E-state index contributed by atoms with van der Waals surface area (Å²) in [5.74, 6) is -1.35. The molecule has 0 saturated carbocycles. The highest BCUT2D eigenvalue weighted by molar-refractivity contribution is 8.05. The lowest BCUT2D eigenvalue weighted by atomic mass is 10.1. The van der Waals surface area contributed by atoms with E-state index in [4.69, 9.17) is 4.74 Å². The quantitative estimate of drug-likeness (QED) is 0.421. The van der Waals surface area contributed by atoms with E-state index in [0.29, 0.717) is 12.1 Å². The maximum atomic E-state index is 13.2. The first-order valence-electron chi connectivity index (χ1n) is 9.07. The topological polar surface area (TPSA) is 70.4 Å². The number of rotatable bonds is 5. The van der Waals surface area contributed by atoms with Crippen LogP contribution < -0.4 is 4.90 Å². The minimum Gasteiger partial charge on any atom is -0.462 e. The van der Waals surface area contributed by atoms with E-state index in [2.05, 4.69) is 0 Å². The molecule has 0 bridgehead atoms. The Morgan fingerprint density at radius 3 is 2.45 bits per heavy atom. The lowest BCUT2D eigenvalue weighted by molar-refractivity contribution is -0.138. The molecule has 5 nitrogen and oxygen atoms in total. The van der Waals surface area contributed by atoms with Gasteiger partial charge in [-0.15, -0.1) is 0 Å². The van der Waals surface area contributed by atoms with Gasteiger partial charge in [0.1, 0.15) is 16.9 Å². The summed E-state index contributed by atoms with van der Waals surface area (Å²) < 4.78 is 18.2. The molecule has 148 valence electrons. The molecule has 1 aliphatic heterocycles. The van der Waals surface area contributed by atoms with E-state index in [0.717, 1.165) is 22.9 Å². The third-order valence-corrected chi connectivity index (χ3v) is 5.65. The molecule has 0 aliphatic carbocycles. The molecule has 1 amide bonds. The van der Waals surface area contributed by atoms with Gasteiger partial charge in [-0.25, -0.2) is 9.18 Å².